The van der Waals surface area contributed by atoms with Crippen LogP contribution in [-0.4, -0.2) is 12.3 Å². The minimum absolute atomic E-state index is 0.0159. The molecule has 2 nitrogen and oxygen atoms in total. The lowest BCUT2D eigenvalue weighted by Crippen LogP contribution is -2.08. The number of hydrogen-bond donors (Lipinski definition) is 1. The van der Waals surface area contributed by atoms with E-state index in [4.69, 9.17) is 5.73 Å². The van der Waals surface area contributed by atoms with Crippen molar-refractivity contribution in [2.75, 3.05) is 6.54 Å². The van der Waals surface area contributed by atoms with Crippen LogP contribution in [0.5, 0.6) is 0 Å². The molecule has 0 saturated carbocycles. The number of hydrogen-bond acceptors (Lipinski definition) is 2. The topological polar surface area (TPSA) is 43.1 Å². The molecule has 1 aromatic rings. The first-order valence-electron chi connectivity index (χ1n) is 4.78. The molecule has 0 amide bonds. The Kier molecular flexibility index (Phi) is 4.37. The van der Waals surface area contributed by atoms with Crippen molar-refractivity contribution in [3.8, 4) is 0 Å². The molecule has 0 aliphatic carbocycles. The highest BCUT2D eigenvalue weighted by Crippen LogP contribution is 2.10. The van der Waals surface area contributed by atoms with Gasteiger partial charge in [0.25, 0.3) is 0 Å². The molecular formula is C11H13F2NO. The summed E-state index contributed by atoms with van der Waals surface area (Å²) in [6, 6.07) is 3.28. The van der Waals surface area contributed by atoms with Crippen LogP contribution in [-0.2, 0) is 11.2 Å². The maximum atomic E-state index is 12.8. The Morgan fingerprint density at radius 2 is 1.73 bits per heavy atom. The van der Waals surface area contributed by atoms with E-state index >= 15 is 0 Å². The number of carbonyl (C=O) groups excluding carboxylic acids is 1. The minimum Gasteiger partial charge on any atom is -0.330 e. The Bertz CT molecular complexity index is 332. The van der Waals surface area contributed by atoms with Crippen LogP contribution in [0.2, 0.25) is 0 Å². The second kappa shape index (κ2) is 5.56. The number of carbonyl (C=O) groups is 1. The lowest BCUT2D eigenvalue weighted by Gasteiger charge is -2.01. The third-order valence-electron chi connectivity index (χ3n) is 2.04. The van der Waals surface area contributed by atoms with Crippen molar-refractivity contribution in [1.82, 2.24) is 0 Å². The average molecular weight is 213 g/mol. The summed E-state index contributed by atoms with van der Waals surface area (Å²) in [5.74, 6) is -1.21. The number of aryl methyl sites for hydroxylation is 1. The van der Waals surface area contributed by atoms with Crippen molar-refractivity contribution in [3.05, 3.63) is 35.4 Å². The van der Waals surface area contributed by atoms with Crippen molar-refractivity contribution in [1.29, 1.82) is 0 Å². The fraction of sp³-hybridized carbons (Fsp3) is 0.364. The molecule has 0 unspecified atom stereocenters. The van der Waals surface area contributed by atoms with Gasteiger partial charge in [-0.05, 0) is 30.7 Å². The van der Waals surface area contributed by atoms with Crippen molar-refractivity contribution >= 4 is 5.78 Å². The number of halogens is 2. The predicted molar refractivity (Wildman–Crippen MR) is 53.4 cm³/mol. The first-order valence-corrected chi connectivity index (χ1v) is 4.78. The van der Waals surface area contributed by atoms with Gasteiger partial charge in [0.15, 0.2) is 0 Å². The van der Waals surface area contributed by atoms with Crippen LogP contribution in [0.1, 0.15) is 18.4 Å². The maximum Gasteiger partial charge on any atom is 0.134 e. The molecule has 0 saturated heterocycles. The average Bonchev–Trinajstić information content (AvgIpc) is 2.14. The van der Waals surface area contributed by atoms with Gasteiger partial charge in [-0.15, -0.1) is 0 Å². The molecule has 82 valence electrons. The van der Waals surface area contributed by atoms with E-state index in [9.17, 15) is 13.6 Å². The van der Waals surface area contributed by atoms with Gasteiger partial charge in [-0.1, -0.05) is 0 Å². The summed E-state index contributed by atoms with van der Waals surface area (Å²) in [5, 5.41) is 0. The third kappa shape index (κ3) is 4.16. The summed E-state index contributed by atoms with van der Waals surface area (Å²) in [5.41, 5.74) is 5.70. The van der Waals surface area contributed by atoms with E-state index in [1.807, 2.05) is 0 Å². The van der Waals surface area contributed by atoms with Gasteiger partial charge in [0.05, 0.1) is 0 Å². The first kappa shape index (κ1) is 11.8. The maximum absolute atomic E-state index is 12.8. The van der Waals surface area contributed by atoms with E-state index in [1.165, 1.54) is 12.1 Å². The number of nitrogens with two attached hydrogens (primary N) is 1. The molecule has 0 heterocycles. The quantitative estimate of drug-likeness (QED) is 0.810. The zero-order valence-electron chi connectivity index (χ0n) is 8.30. The molecule has 0 aliphatic heterocycles. The second-order valence-electron chi connectivity index (χ2n) is 3.36. The Balaban J connectivity index is 2.54. The largest absolute Gasteiger partial charge is 0.330 e. The SMILES string of the molecule is NCCC(=O)CCc1cc(F)cc(F)c1. The van der Waals surface area contributed by atoms with Crippen molar-refractivity contribution in [3.63, 3.8) is 0 Å². The second-order valence-corrected chi connectivity index (χ2v) is 3.36. The van der Waals surface area contributed by atoms with Crippen LogP contribution in [0.15, 0.2) is 18.2 Å². The van der Waals surface area contributed by atoms with Gasteiger partial charge < -0.3 is 5.73 Å². The van der Waals surface area contributed by atoms with Gasteiger partial charge in [0.2, 0.25) is 0 Å². The number of Topliss-reactive ketones (excluding diaryl/α,β-unsaturated/α-hetero) is 1. The molecule has 0 aromatic heterocycles. The van der Waals surface area contributed by atoms with Gasteiger partial charge in [0, 0.05) is 18.9 Å². The normalized spacial score (nSPS) is 10.3. The molecule has 0 spiro atoms. The fourth-order valence-electron chi connectivity index (χ4n) is 1.33. The molecular weight excluding hydrogens is 200 g/mol. The highest BCUT2D eigenvalue weighted by molar-refractivity contribution is 5.78. The summed E-state index contributed by atoms with van der Waals surface area (Å²) >= 11 is 0. The Labute approximate surface area is 87.1 Å². The molecule has 0 bridgehead atoms. The van der Waals surface area contributed by atoms with E-state index < -0.39 is 11.6 Å². The first-order chi connectivity index (χ1) is 7.11. The summed E-state index contributed by atoms with van der Waals surface area (Å²) in [6.45, 7) is 0.316. The number of benzene rings is 1. The number of ketones is 1. The molecule has 2 N–H and O–H groups in total. The van der Waals surface area contributed by atoms with Crippen LogP contribution < -0.4 is 5.73 Å². The van der Waals surface area contributed by atoms with E-state index in [0.29, 0.717) is 24.9 Å². The third-order valence-corrected chi connectivity index (χ3v) is 2.04. The lowest BCUT2D eigenvalue weighted by atomic mass is 10.1. The van der Waals surface area contributed by atoms with Crippen molar-refractivity contribution in [2.24, 2.45) is 5.73 Å². The highest BCUT2D eigenvalue weighted by atomic mass is 19.1. The fourth-order valence-corrected chi connectivity index (χ4v) is 1.33. The Hall–Kier alpha value is -1.29. The minimum atomic E-state index is -0.615. The molecule has 1 rings (SSSR count). The lowest BCUT2D eigenvalue weighted by molar-refractivity contribution is -0.118. The molecule has 0 aliphatic rings. The van der Waals surface area contributed by atoms with Crippen LogP contribution >= 0.6 is 0 Å². The zero-order valence-corrected chi connectivity index (χ0v) is 8.30. The van der Waals surface area contributed by atoms with E-state index in [1.54, 1.807) is 0 Å². The van der Waals surface area contributed by atoms with E-state index in [0.717, 1.165) is 6.07 Å². The summed E-state index contributed by atoms with van der Waals surface area (Å²) in [7, 11) is 0. The van der Waals surface area contributed by atoms with Crippen LogP contribution in [0.3, 0.4) is 0 Å². The summed E-state index contributed by atoms with van der Waals surface area (Å²) < 4.78 is 25.5. The van der Waals surface area contributed by atoms with Crippen LogP contribution in [0.4, 0.5) is 8.78 Å². The van der Waals surface area contributed by atoms with Crippen LogP contribution in [0.25, 0.3) is 0 Å². The molecule has 15 heavy (non-hydrogen) atoms. The van der Waals surface area contributed by atoms with Gasteiger partial charge >= 0.3 is 0 Å². The summed E-state index contributed by atoms with van der Waals surface area (Å²) in [4.78, 5) is 11.1. The molecule has 1 aromatic carbocycles. The molecule has 0 radical (unpaired) electrons. The van der Waals surface area contributed by atoms with Crippen molar-refractivity contribution < 1.29 is 13.6 Å². The zero-order chi connectivity index (χ0) is 11.3. The van der Waals surface area contributed by atoms with Crippen LogP contribution in [0, 0.1) is 11.6 Å². The highest BCUT2D eigenvalue weighted by Gasteiger charge is 2.04. The molecule has 0 atom stereocenters. The molecule has 0 fully saturated rings. The molecule has 4 heteroatoms. The predicted octanol–water partition coefficient (Wildman–Crippen LogP) is 1.82. The standard InChI is InChI=1S/C11H13F2NO/c12-9-5-8(6-10(13)7-9)1-2-11(15)3-4-14/h5-7H,1-4,14H2. The Morgan fingerprint density at radius 3 is 2.27 bits per heavy atom. The van der Waals surface area contributed by atoms with Gasteiger partial charge in [-0.25, -0.2) is 8.78 Å². The van der Waals surface area contributed by atoms with E-state index in [2.05, 4.69) is 0 Å². The van der Waals surface area contributed by atoms with Gasteiger partial charge in [0.1, 0.15) is 17.4 Å². The smallest absolute Gasteiger partial charge is 0.134 e. The summed E-state index contributed by atoms with van der Waals surface area (Å²) in [6.07, 6.45) is 0.950. The van der Waals surface area contributed by atoms with Crippen molar-refractivity contribution in [2.45, 2.75) is 19.3 Å². The number of rotatable bonds is 5. The van der Waals surface area contributed by atoms with Gasteiger partial charge in [-0.3, -0.25) is 4.79 Å². The van der Waals surface area contributed by atoms with E-state index in [-0.39, 0.29) is 12.2 Å². The Morgan fingerprint density at radius 1 is 1.13 bits per heavy atom. The van der Waals surface area contributed by atoms with Gasteiger partial charge in [-0.2, -0.15) is 0 Å². The monoisotopic (exact) mass is 213 g/mol.